The van der Waals surface area contributed by atoms with Gasteiger partial charge < -0.3 is 15.0 Å². The second kappa shape index (κ2) is 9.38. The van der Waals surface area contributed by atoms with Gasteiger partial charge in [-0.25, -0.2) is 0 Å². The van der Waals surface area contributed by atoms with Gasteiger partial charge in [0.25, 0.3) is 0 Å². The Bertz CT molecular complexity index is 621. The molecule has 0 bridgehead atoms. The van der Waals surface area contributed by atoms with E-state index in [9.17, 15) is 9.59 Å². The van der Waals surface area contributed by atoms with Gasteiger partial charge >= 0.3 is 0 Å². The van der Waals surface area contributed by atoms with Gasteiger partial charge in [-0.1, -0.05) is 29.3 Å². The number of amides is 2. The first kappa shape index (κ1) is 20.0. The molecule has 1 aromatic rings. The van der Waals surface area contributed by atoms with E-state index in [1.165, 1.54) is 0 Å². The zero-order valence-electron chi connectivity index (χ0n) is 14.4. The molecule has 25 heavy (non-hydrogen) atoms. The third-order valence-electron chi connectivity index (χ3n) is 3.99. The molecule has 0 unspecified atom stereocenters. The second-order valence-electron chi connectivity index (χ2n) is 6.12. The number of nitrogens with zero attached hydrogens (tertiary/aromatic N) is 2. The van der Waals surface area contributed by atoms with Crippen LogP contribution in [0.25, 0.3) is 0 Å². The van der Waals surface area contributed by atoms with Crippen molar-refractivity contribution in [2.75, 3.05) is 46.4 Å². The van der Waals surface area contributed by atoms with Crippen LogP contribution in [0.2, 0.25) is 10.0 Å². The van der Waals surface area contributed by atoms with E-state index in [0.717, 1.165) is 5.56 Å². The van der Waals surface area contributed by atoms with Gasteiger partial charge in [0.15, 0.2) is 0 Å². The number of carbonyl (C=O) groups is 2. The predicted molar refractivity (Wildman–Crippen MR) is 97.9 cm³/mol. The summed E-state index contributed by atoms with van der Waals surface area (Å²) in [6, 6.07) is 4.93. The first-order valence-corrected chi connectivity index (χ1v) is 8.91. The van der Waals surface area contributed by atoms with Crippen molar-refractivity contribution >= 4 is 35.0 Å². The van der Waals surface area contributed by atoms with E-state index in [1.807, 2.05) is 6.92 Å². The lowest BCUT2D eigenvalue weighted by Gasteiger charge is -2.28. The minimum Gasteiger partial charge on any atom is -0.378 e. The Morgan fingerprint density at radius 1 is 1.28 bits per heavy atom. The van der Waals surface area contributed by atoms with Crippen LogP contribution in [0, 0.1) is 0 Å². The highest BCUT2D eigenvalue weighted by molar-refractivity contribution is 6.35. The van der Waals surface area contributed by atoms with Gasteiger partial charge in [0.05, 0.1) is 32.3 Å². The van der Waals surface area contributed by atoms with Crippen LogP contribution in [-0.2, 0) is 14.3 Å². The number of hydrogen-bond donors (Lipinski definition) is 1. The number of benzene rings is 1. The summed E-state index contributed by atoms with van der Waals surface area (Å²) in [6.45, 7) is 4.52. The maximum Gasteiger partial charge on any atom is 0.236 e. The summed E-state index contributed by atoms with van der Waals surface area (Å²) in [5.41, 5.74) is 0.798. The molecule has 1 aliphatic rings. The molecule has 0 aromatic heterocycles. The maximum absolute atomic E-state index is 12.2. The minimum absolute atomic E-state index is 0.00685. The summed E-state index contributed by atoms with van der Waals surface area (Å²) in [5, 5.41) is 3.95. The summed E-state index contributed by atoms with van der Waals surface area (Å²) in [6.07, 6.45) is 0. The number of nitrogens with one attached hydrogen (secondary N) is 1. The third kappa shape index (κ3) is 6.15. The number of hydrogen-bond acceptors (Lipinski definition) is 4. The number of carbonyl (C=O) groups excluding carboxylic acids is 2. The molecule has 1 aromatic carbocycles. The Labute approximate surface area is 158 Å². The fourth-order valence-electron chi connectivity index (χ4n) is 2.66. The lowest BCUT2D eigenvalue weighted by Crippen LogP contribution is -2.46. The summed E-state index contributed by atoms with van der Waals surface area (Å²) >= 11 is 12.0. The first-order valence-electron chi connectivity index (χ1n) is 8.15. The van der Waals surface area contributed by atoms with Crippen molar-refractivity contribution in [1.82, 2.24) is 15.1 Å². The molecule has 1 fully saturated rings. The molecular formula is C17H23Cl2N3O3. The lowest BCUT2D eigenvalue weighted by molar-refractivity contribution is -0.136. The fourth-order valence-corrected chi connectivity index (χ4v) is 3.23. The van der Waals surface area contributed by atoms with E-state index < -0.39 is 0 Å². The SMILES string of the molecule is C[C@@H](NC(=O)CN(C)CC(=O)N1CCOCC1)c1ccc(Cl)cc1Cl. The average molecular weight is 388 g/mol. The van der Waals surface area contributed by atoms with E-state index in [0.29, 0.717) is 36.3 Å². The zero-order chi connectivity index (χ0) is 18.4. The normalized spacial score (nSPS) is 16.0. The number of rotatable bonds is 6. The van der Waals surface area contributed by atoms with E-state index >= 15 is 0 Å². The highest BCUT2D eigenvalue weighted by Gasteiger charge is 2.20. The van der Waals surface area contributed by atoms with Crippen molar-refractivity contribution < 1.29 is 14.3 Å². The quantitative estimate of drug-likeness (QED) is 0.810. The molecule has 1 N–H and O–H groups in total. The lowest BCUT2D eigenvalue weighted by atomic mass is 10.1. The van der Waals surface area contributed by atoms with Gasteiger partial charge in [-0.15, -0.1) is 0 Å². The first-order chi connectivity index (χ1) is 11.9. The van der Waals surface area contributed by atoms with E-state index in [-0.39, 0.29) is 30.9 Å². The topological polar surface area (TPSA) is 61.9 Å². The van der Waals surface area contributed by atoms with Gasteiger partial charge in [-0.3, -0.25) is 14.5 Å². The molecule has 1 atom stereocenters. The highest BCUT2D eigenvalue weighted by Crippen LogP contribution is 2.25. The largest absolute Gasteiger partial charge is 0.378 e. The molecule has 2 rings (SSSR count). The Kier molecular flexibility index (Phi) is 7.50. The Morgan fingerprint density at radius 2 is 1.96 bits per heavy atom. The maximum atomic E-state index is 12.2. The molecule has 0 radical (unpaired) electrons. The summed E-state index contributed by atoms with van der Waals surface area (Å²) in [5.74, 6) is -0.164. The monoisotopic (exact) mass is 387 g/mol. The third-order valence-corrected chi connectivity index (χ3v) is 4.55. The fraction of sp³-hybridized carbons (Fsp3) is 0.529. The minimum atomic E-state index is -0.249. The van der Waals surface area contributed by atoms with E-state index in [4.69, 9.17) is 27.9 Å². The van der Waals surface area contributed by atoms with Crippen LogP contribution < -0.4 is 5.32 Å². The molecule has 2 amide bonds. The number of morpholine rings is 1. The van der Waals surface area contributed by atoms with Crippen molar-refractivity contribution in [1.29, 1.82) is 0 Å². The molecular weight excluding hydrogens is 365 g/mol. The molecule has 0 aliphatic carbocycles. The standard InChI is InChI=1S/C17H23Cl2N3O3/c1-12(14-4-3-13(18)9-15(14)19)20-16(23)10-21(2)11-17(24)22-5-7-25-8-6-22/h3-4,9,12H,5-8,10-11H2,1-2H3,(H,20,23)/t12-/m1/s1. The van der Waals surface area contributed by atoms with Crippen LogP contribution in [0.3, 0.4) is 0 Å². The molecule has 8 heteroatoms. The van der Waals surface area contributed by atoms with Crippen LogP contribution in [-0.4, -0.2) is 68.1 Å². The number of ether oxygens (including phenoxy) is 1. The van der Waals surface area contributed by atoms with Crippen molar-refractivity contribution in [3.63, 3.8) is 0 Å². The van der Waals surface area contributed by atoms with E-state index in [1.54, 1.807) is 35.0 Å². The van der Waals surface area contributed by atoms with Gasteiger partial charge in [-0.2, -0.15) is 0 Å². The molecule has 0 saturated carbocycles. The van der Waals surface area contributed by atoms with Crippen molar-refractivity contribution in [3.05, 3.63) is 33.8 Å². The molecule has 138 valence electrons. The second-order valence-corrected chi connectivity index (χ2v) is 6.96. The van der Waals surface area contributed by atoms with Crippen LogP contribution in [0.15, 0.2) is 18.2 Å². The van der Waals surface area contributed by atoms with Gasteiger partial charge in [0, 0.05) is 23.1 Å². The molecule has 6 nitrogen and oxygen atoms in total. The average Bonchev–Trinajstić information content (AvgIpc) is 2.55. The zero-order valence-corrected chi connectivity index (χ0v) is 15.9. The molecule has 1 heterocycles. The number of likely N-dealkylation sites (N-methyl/N-ethyl adjacent to an activating group) is 1. The Hall–Kier alpha value is -1.34. The van der Waals surface area contributed by atoms with Gasteiger partial charge in [0.1, 0.15) is 0 Å². The molecule has 0 spiro atoms. The van der Waals surface area contributed by atoms with Crippen LogP contribution in [0.4, 0.5) is 0 Å². The summed E-state index contributed by atoms with van der Waals surface area (Å²) < 4.78 is 5.23. The predicted octanol–water partition coefficient (Wildman–Crippen LogP) is 1.96. The van der Waals surface area contributed by atoms with Crippen LogP contribution >= 0.6 is 23.2 Å². The molecule has 1 saturated heterocycles. The van der Waals surface area contributed by atoms with Crippen molar-refractivity contribution in [3.8, 4) is 0 Å². The van der Waals surface area contributed by atoms with Crippen LogP contribution in [0.1, 0.15) is 18.5 Å². The van der Waals surface area contributed by atoms with Crippen molar-refractivity contribution in [2.45, 2.75) is 13.0 Å². The summed E-state index contributed by atoms with van der Waals surface area (Å²) in [4.78, 5) is 27.8. The number of halogens is 2. The highest BCUT2D eigenvalue weighted by atomic mass is 35.5. The van der Waals surface area contributed by atoms with Gasteiger partial charge in [0.2, 0.25) is 11.8 Å². The summed E-state index contributed by atoms with van der Waals surface area (Å²) in [7, 11) is 1.75. The Morgan fingerprint density at radius 3 is 2.60 bits per heavy atom. The Balaban J connectivity index is 1.81. The van der Waals surface area contributed by atoms with Crippen molar-refractivity contribution in [2.24, 2.45) is 0 Å². The smallest absolute Gasteiger partial charge is 0.236 e. The van der Waals surface area contributed by atoms with E-state index in [2.05, 4.69) is 5.32 Å². The van der Waals surface area contributed by atoms with Crippen LogP contribution in [0.5, 0.6) is 0 Å². The molecule has 1 aliphatic heterocycles. The van der Waals surface area contributed by atoms with Gasteiger partial charge in [-0.05, 0) is 31.7 Å².